The first-order valence-corrected chi connectivity index (χ1v) is 8.74. The molecular weight excluding hydrogens is 286 g/mol. The predicted molar refractivity (Wildman–Crippen MR) is 82.0 cm³/mol. The quantitative estimate of drug-likeness (QED) is 0.914. The number of hydrogen-bond acceptors (Lipinski definition) is 4. The SMILES string of the molecule is CC1CC(NS(=O)(=O)Cc2ccc(C#N)cc2)CCN1C. The van der Waals surface area contributed by atoms with E-state index in [0.717, 1.165) is 19.4 Å². The first-order chi connectivity index (χ1) is 9.89. The van der Waals surface area contributed by atoms with Gasteiger partial charge in [0.05, 0.1) is 17.4 Å². The lowest BCUT2D eigenvalue weighted by atomic mass is 10.0. The third kappa shape index (κ3) is 4.53. The van der Waals surface area contributed by atoms with Gasteiger partial charge in [-0.05, 0) is 51.1 Å². The van der Waals surface area contributed by atoms with E-state index < -0.39 is 10.0 Å². The zero-order chi connectivity index (χ0) is 15.5. The Bertz CT molecular complexity index is 619. The lowest BCUT2D eigenvalue weighted by molar-refractivity contribution is 0.178. The first-order valence-electron chi connectivity index (χ1n) is 7.09. The fraction of sp³-hybridized carbons (Fsp3) is 0.533. The number of nitrogens with zero attached hydrogens (tertiary/aromatic N) is 2. The Balaban J connectivity index is 1.97. The molecule has 0 bridgehead atoms. The Morgan fingerprint density at radius 2 is 2.05 bits per heavy atom. The third-order valence-corrected chi connectivity index (χ3v) is 5.40. The fourth-order valence-electron chi connectivity index (χ4n) is 2.59. The Morgan fingerprint density at radius 3 is 2.62 bits per heavy atom. The highest BCUT2D eigenvalue weighted by Gasteiger charge is 2.26. The molecule has 2 unspecified atom stereocenters. The van der Waals surface area contributed by atoms with Gasteiger partial charge in [0.1, 0.15) is 0 Å². The molecule has 1 aromatic rings. The molecule has 0 radical (unpaired) electrons. The van der Waals surface area contributed by atoms with Crippen LogP contribution in [0.5, 0.6) is 0 Å². The molecule has 114 valence electrons. The van der Waals surface area contributed by atoms with E-state index >= 15 is 0 Å². The van der Waals surface area contributed by atoms with E-state index in [-0.39, 0.29) is 11.8 Å². The highest BCUT2D eigenvalue weighted by Crippen LogP contribution is 2.17. The second-order valence-corrected chi connectivity index (χ2v) is 7.49. The van der Waals surface area contributed by atoms with Gasteiger partial charge in [-0.15, -0.1) is 0 Å². The Morgan fingerprint density at radius 1 is 1.38 bits per heavy atom. The van der Waals surface area contributed by atoms with Crippen molar-refractivity contribution in [2.75, 3.05) is 13.6 Å². The molecule has 0 spiro atoms. The average Bonchev–Trinajstić information content (AvgIpc) is 2.43. The molecule has 1 fully saturated rings. The predicted octanol–water partition coefficient (Wildman–Crippen LogP) is 1.46. The second kappa shape index (κ2) is 6.56. The minimum atomic E-state index is -3.35. The zero-order valence-corrected chi connectivity index (χ0v) is 13.2. The molecule has 2 rings (SSSR count). The molecule has 5 nitrogen and oxygen atoms in total. The van der Waals surface area contributed by atoms with Gasteiger partial charge in [-0.25, -0.2) is 13.1 Å². The van der Waals surface area contributed by atoms with Crippen LogP contribution in [0.1, 0.15) is 30.9 Å². The second-order valence-electron chi connectivity index (χ2n) is 5.74. The van der Waals surface area contributed by atoms with Crippen LogP contribution in [0.25, 0.3) is 0 Å². The summed E-state index contributed by atoms with van der Waals surface area (Å²) in [7, 11) is -1.28. The van der Waals surface area contributed by atoms with Gasteiger partial charge < -0.3 is 4.90 Å². The molecule has 1 N–H and O–H groups in total. The summed E-state index contributed by atoms with van der Waals surface area (Å²) in [6.45, 7) is 3.02. The molecule has 0 amide bonds. The molecule has 1 aliphatic heterocycles. The molecular formula is C15H21N3O2S. The summed E-state index contributed by atoms with van der Waals surface area (Å²) in [6.07, 6.45) is 1.68. The largest absolute Gasteiger partial charge is 0.304 e. The average molecular weight is 307 g/mol. The van der Waals surface area contributed by atoms with E-state index in [4.69, 9.17) is 5.26 Å². The van der Waals surface area contributed by atoms with Gasteiger partial charge in [-0.2, -0.15) is 5.26 Å². The monoisotopic (exact) mass is 307 g/mol. The number of benzene rings is 1. The summed E-state index contributed by atoms with van der Waals surface area (Å²) in [5, 5.41) is 8.74. The van der Waals surface area contributed by atoms with E-state index in [1.165, 1.54) is 0 Å². The minimum absolute atomic E-state index is 0.0135. The number of nitriles is 1. The van der Waals surface area contributed by atoms with Crippen LogP contribution < -0.4 is 4.72 Å². The van der Waals surface area contributed by atoms with E-state index in [9.17, 15) is 8.42 Å². The van der Waals surface area contributed by atoms with Crippen LogP contribution in [-0.4, -0.2) is 39.0 Å². The van der Waals surface area contributed by atoms with Gasteiger partial charge >= 0.3 is 0 Å². The maximum atomic E-state index is 12.2. The summed E-state index contributed by atoms with van der Waals surface area (Å²) in [6, 6.07) is 9.09. The van der Waals surface area contributed by atoms with Gasteiger partial charge in [-0.1, -0.05) is 12.1 Å². The van der Waals surface area contributed by atoms with Crippen LogP contribution in [0.3, 0.4) is 0 Å². The molecule has 6 heteroatoms. The smallest absolute Gasteiger partial charge is 0.216 e. The van der Waals surface area contributed by atoms with Gasteiger partial charge in [0.25, 0.3) is 0 Å². The number of sulfonamides is 1. The highest BCUT2D eigenvalue weighted by molar-refractivity contribution is 7.88. The van der Waals surface area contributed by atoms with Gasteiger partial charge in [0.15, 0.2) is 0 Å². The molecule has 2 atom stereocenters. The molecule has 1 saturated heterocycles. The van der Waals surface area contributed by atoms with E-state index in [1.807, 2.05) is 6.07 Å². The van der Waals surface area contributed by atoms with Crippen LogP contribution in [0, 0.1) is 11.3 Å². The normalized spacial score (nSPS) is 23.7. The topological polar surface area (TPSA) is 73.2 Å². The van der Waals surface area contributed by atoms with Crippen molar-refractivity contribution >= 4 is 10.0 Å². The molecule has 21 heavy (non-hydrogen) atoms. The maximum absolute atomic E-state index is 12.2. The maximum Gasteiger partial charge on any atom is 0.216 e. The van der Waals surface area contributed by atoms with Crippen LogP contribution >= 0.6 is 0 Å². The van der Waals surface area contributed by atoms with Gasteiger partial charge in [-0.3, -0.25) is 0 Å². The van der Waals surface area contributed by atoms with Crippen molar-refractivity contribution in [2.45, 2.75) is 37.6 Å². The number of nitrogens with one attached hydrogen (secondary N) is 1. The Kier molecular flexibility index (Phi) is 4.99. The molecule has 1 aliphatic rings. The van der Waals surface area contributed by atoms with Crippen molar-refractivity contribution in [3.05, 3.63) is 35.4 Å². The van der Waals surface area contributed by atoms with Crippen molar-refractivity contribution in [3.8, 4) is 6.07 Å². The van der Waals surface area contributed by atoms with Gasteiger partial charge in [0.2, 0.25) is 10.0 Å². The van der Waals surface area contributed by atoms with Gasteiger partial charge in [0, 0.05) is 12.1 Å². The van der Waals surface area contributed by atoms with Crippen molar-refractivity contribution in [1.29, 1.82) is 5.26 Å². The molecule has 0 aromatic heterocycles. The standard InChI is InChI=1S/C15H21N3O2S/c1-12-9-15(7-8-18(12)2)17-21(19,20)11-14-5-3-13(10-16)4-6-14/h3-6,12,15,17H,7-9,11H2,1-2H3. The fourth-order valence-corrected chi connectivity index (χ4v) is 4.02. The van der Waals surface area contributed by atoms with Crippen LogP contribution in [0.15, 0.2) is 24.3 Å². The van der Waals surface area contributed by atoms with E-state index in [2.05, 4.69) is 23.6 Å². The summed E-state index contributed by atoms with van der Waals surface area (Å²) >= 11 is 0. The summed E-state index contributed by atoms with van der Waals surface area (Å²) in [4.78, 5) is 2.24. The van der Waals surface area contributed by atoms with E-state index in [0.29, 0.717) is 17.2 Å². The zero-order valence-electron chi connectivity index (χ0n) is 12.4. The summed E-state index contributed by atoms with van der Waals surface area (Å²) in [5.41, 5.74) is 1.23. The Hall–Kier alpha value is -1.42. The molecule has 1 aromatic carbocycles. The number of rotatable bonds is 4. The van der Waals surface area contributed by atoms with Crippen LogP contribution in [-0.2, 0) is 15.8 Å². The van der Waals surface area contributed by atoms with Crippen LogP contribution in [0.2, 0.25) is 0 Å². The van der Waals surface area contributed by atoms with Crippen molar-refractivity contribution in [2.24, 2.45) is 0 Å². The highest BCUT2D eigenvalue weighted by atomic mass is 32.2. The van der Waals surface area contributed by atoms with Crippen molar-refractivity contribution in [1.82, 2.24) is 9.62 Å². The van der Waals surface area contributed by atoms with Crippen molar-refractivity contribution in [3.63, 3.8) is 0 Å². The summed E-state index contributed by atoms with van der Waals surface area (Å²) < 4.78 is 27.2. The van der Waals surface area contributed by atoms with Crippen molar-refractivity contribution < 1.29 is 8.42 Å². The molecule has 0 saturated carbocycles. The third-order valence-electron chi connectivity index (χ3n) is 3.99. The molecule has 1 heterocycles. The molecule has 0 aliphatic carbocycles. The Labute approximate surface area is 126 Å². The lowest BCUT2D eigenvalue weighted by Crippen LogP contribution is -2.47. The first kappa shape index (κ1) is 16.0. The van der Waals surface area contributed by atoms with E-state index in [1.54, 1.807) is 24.3 Å². The number of likely N-dealkylation sites (tertiary alicyclic amines) is 1. The lowest BCUT2D eigenvalue weighted by Gasteiger charge is -2.35. The number of piperidine rings is 1. The number of hydrogen-bond donors (Lipinski definition) is 1. The van der Waals surface area contributed by atoms with Crippen LogP contribution in [0.4, 0.5) is 0 Å². The minimum Gasteiger partial charge on any atom is -0.304 e. The summed E-state index contributed by atoms with van der Waals surface area (Å²) in [5.74, 6) is -0.0422.